The molecule has 0 aliphatic heterocycles. The molecule has 0 spiro atoms. The van der Waals surface area contributed by atoms with Crippen molar-refractivity contribution in [3.8, 4) is 0 Å². The molecule has 0 heterocycles. The Morgan fingerprint density at radius 1 is 1.44 bits per heavy atom. The molecular formula is C13H17NO4. The van der Waals surface area contributed by atoms with E-state index in [0.717, 1.165) is 0 Å². The van der Waals surface area contributed by atoms with Gasteiger partial charge in [0.1, 0.15) is 0 Å². The van der Waals surface area contributed by atoms with Gasteiger partial charge in [0.15, 0.2) is 0 Å². The maximum absolute atomic E-state index is 11.4. The molecule has 1 aromatic rings. The summed E-state index contributed by atoms with van der Waals surface area (Å²) < 4.78 is 4.90. The number of aryl methyl sites for hydroxylation is 1. The second-order valence-corrected chi connectivity index (χ2v) is 4.08. The number of nitro benzene ring substituents is 1. The second-order valence-electron chi connectivity index (χ2n) is 4.08. The summed E-state index contributed by atoms with van der Waals surface area (Å²) in [4.78, 5) is 21.8. The van der Waals surface area contributed by atoms with E-state index in [1.165, 1.54) is 6.07 Å². The monoisotopic (exact) mass is 251 g/mol. The second kappa shape index (κ2) is 6.74. The SMILES string of the molecule is CCOC(=O)C(C)CCc1ccccc1[N+](=O)[O-]. The van der Waals surface area contributed by atoms with Crippen LogP contribution in [0.3, 0.4) is 0 Å². The molecule has 0 N–H and O–H groups in total. The number of nitrogens with zero attached hydrogens (tertiary/aromatic N) is 1. The zero-order chi connectivity index (χ0) is 13.5. The molecule has 1 aromatic carbocycles. The Bertz CT molecular complexity index is 431. The zero-order valence-electron chi connectivity index (χ0n) is 10.6. The summed E-state index contributed by atoms with van der Waals surface area (Å²) in [5, 5.41) is 10.8. The average Bonchev–Trinajstić information content (AvgIpc) is 2.36. The van der Waals surface area contributed by atoms with E-state index < -0.39 is 4.92 Å². The summed E-state index contributed by atoms with van der Waals surface area (Å²) in [6, 6.07) is 6.59. The van der Waals surface area contributed by atoms with Crippen LogP contribution in [0.4, 0.5) is 5.69 Å². The molecule has 1 rings (SSSR count). The lowest BCUT2D eigenvalue weighted by Gasteiger charge is -2.10. The number of benzene rings is 1. The van der Waals surface area contributed by atoms with Gasteiger partial charge in [-0.3, -0.25) is 14.9 Å². The minimum atomic E-state index is -0.398. The van der Waals surface area contributed by atoms with Crippen molar-refractivity contribution in [3.63, 3.8) is 0 Å². The minimum Gasteiger partial charge on any atom is -0.466 e. The molecule has 0 aliphatic carbocycles. The summed E-state index contributed by atoms with van der Waals surface area (Å²) in [7, 11) is 0. The van der Waals surface area contributed by atoms with Crippen LogP contribution < -0.4 is 0 Å². The zero-order valence-corrected chi connectivity index (χ0v) is 10.6. The van der Waals surface area contributed by atoms with Crippen molar-refractivity contribution in [1.82, 2.24) is 0 Å². The third-order valence-corrected chi connectivity index (χ3v) is 2.72. The number of esters is 1. The molecular weight excluding hydrogens is 234 g/mol. The molecule has 0 amide bonds. The minimum absolute atomic E-state index is 0.105. The molecule has 98 valence electrons. The van der Waals surface area contributed by atoms with Crippen LogP contribution in [0.1, 0.15) is 25.8 Å². The number of carbonyl (C=O) groups excluding carboxylic acids is 1. The maximum atomic E-state index is 11.4. The molecule has 0 aromatic heterocycles. The average molecular weight is 251 g/mol. The Labute approximate surface area is 106 Å². The van der Waals surface area contributed by atoms with E-state index in [1.54, 1.807) is 32.0 Å². The molecule has 0 saturated heterocycles. The summed E-state index contributed by atoms with van der Waals surface area (Å²) in [5.74, 6) is -0.499. The van der Waals surface area contributed by atoms with Crippen molar-refractivity contribution in [2.45, 2.75) is 26.7 Å². The first-order chi connectivity index (χ1) is 8.56. The van der Waals surface area contributed by atoms with Crippen LogP contribution in [0.25, 0.3) is 0 Å². The predicted octanol–water partition coefficient (Wildman–Crippen LogP) is 2.73. The van der Waals surface area contributed by atoms with E-state index in [1.807, 2.05) is 0 Å². The molecule has 18 heavy (non-hydrogen) atoms. The summed E-state index contributed by atoms with van der Waals surface area (Å²) in [6.07, 6.45) is 1.04. The van der Waals surface area contributed by atoms with E-state index in [2.05, 4.69) is 0 Å². The highest BCUT2D eigenvalue weighted by Crippen LogP contribution is 2.21. The first-order valence-electron chi connectivity index (χ1n) is 5.95. The standard InChI is InChI=1S/C13H17NO4/c1-3-18-13(15)10(2)8-9-11-6-4-5-7-12(11)14(16)17/h4-7,10H,3,8-9H2,1-2H3. The quantitative estimate of drug-likeness (QED) is 0.443. The maximum Gasteiger partial charge on any atom is 0.308 e. The van der Waals surface area contributed by atoms with Gasteiger partial charge >= 0.3 is 5.97 Å². The van der Waals surface area contributed by atoms with Gasteiger partial charge in [0, 0.05) is 11.6 Å². The van der Waals surface area contributed by atoms with Gasteiger partial charge in [-0.1, -0.05) is 25.1 Å². The molecule has 5 nitrogen and oxygen atoms in total. The van der Waals surface area contributed by atoms with Gasteiger partial charge in [-0.05, 0) is 19.8 Å². The largest absolute Gasteiger partial charge is 0.466 e. The number of para-hydroxylation sites is 1. The van der Waals surface area contributed by atoms with Crippen molar-refractivity contribution >= 4 is 11.7 Å². The van der Waals surface area contributed by atoms with Crippen LogP contribution in [0.5, 0.6) is 0 Å². The van der Waals surface area contributed by atoms with E-state index in [-0.39, 0.29) is 17.6 Å². The van der Waals surface area contributed by atoms with Crippen LogP contribution in [0, 0.1) is 16.0 Å². The van der Waals surface area contributed by atoms with Gasteiger partial charge in [0.05, 0.1) is 17.4 Å². The Kier molecular flexibility index (Phi) is 5.30. The fourth-order valence-electron chi connectivity index (χ4n) is 1.67. The molecule has 0 aliphatic rings. The summed E-state index contributed by atoms with van der Waals surface area (Å²) in [6.45, 7) is 3.88. The molecule has 0 fully saturated rings. The molecule has 0 radical (unpaired) electrons. The van der Waals surface area contributed by atoms with E-state index in [4.69, 9.17) is 4.74 Å². The lowest BCUT2D eigenvalue weighted by molar-refractivity contribution is -0.385. The Morgan fingerprint density at radius 2 is 2.11 bits per heavy atom. The fraction of sp³-hybridized carbons (Fsp3) is 0.462. The van der Waals surface area contributed by atoms with Crippen LogP contribution in [0.15, 0.2) is 24.3 Å². The number of ether oxygens (including phenoxy) is 1. The van der Waals surface area contributed by atoms with Gasteiger partial charge in [-0.15, -0.1) is 0 Å². The third kappa shape index (κ3) is 3.84. The lowest BCUT2D eigenvalue weighted by atomic mass is 10.00. The van der Waals surface area contributed by atoms with Gasteiger partial charge < -0.3 is 4.74 Å². The summed E-state index contributed by atoms with van der Waals surface area (Å²) in [5.41, 5.74) is 0.757. The number of carbonyl (C=O) groups is 1. The van der Waals surface area contributed by atoms with E-state index in [0.29, 0.717) is 25.0 Å². The van der Waals surface area contributed by atoms with E-state index >= 15 is 0 Å². The summed E-state index contributed by atoms with van der Waals surface area (Å²) >= 11 is 0. The first-order valence-corrected chi connectivity index (χ1v) is 5.95. The topological polar surface area (TPSA) is 69.4 Å². The molecule has 1 atom stereocenters. The number of hydrogen-bond donors (Lipinski definition) is 0. The fourth-order valence-corrected chi connectivity index (χ4v) is 1.67. The van der Waals surface area contributed by atoms with Crippen molar-refractivity contribution in [3.05, 3.63) is 39.9 Å². The van der Waals surface area contributed by atoms with Crippen molar-refractivity contribution in [2.24, 2.45) is 5.92 Å². The Balaban J connectivity index is 2.63. The van der Waals surface area contributed by atoms with Crippen LogP contribution >= 0.6 is 0 Å². The highest BCUT2D eigenvalue weighted by atomic mass is 16.6. The van der Waals surface area contributed by atoms with Crippen molar-refractivity contribution in [2.75, 3.05) is 6.61 Å². The van der Waals surface area contributed by atoms with Crippen molar-refractivity contribution in [1.29, 1.82) is 0 Å². The number of rotatable bonds is 6. The Morgan fingerprint density at radius 3 is 2.72 bits per heavy atom. The third-order valence-electron chi connectivity index (χ3n) is 2.72. The highest BCUT2D eigenvalue weighted by Gasteiger charge is 2.17. The Hall–Kier alpha value is -1.91. The van der Waals surface area contributed by atoms with Gasteiger partial charge in [-0.2, -0.15) is 0 Å². The number of hydrogen-bond acceptors (Lipinski definition) is 4. The lowest BCUT2D eigenvalue weighted by Crippen LogP contribution is -2.15. The molecule has 0 saturated carbocycles. The first kappa shape index (κ1) is 14.2. The van der Waals surface area contributed by atoms with Gasteiger partial charge in [-0.25, -0.2) is 0 Å². The molecule has 0 bridgehead atoms. The normalized spacial score (nSPS) is 11.9. The van der Waals surface area contributed by atoms with E-state index in [9.17, 15) is 14.9 Å². The van der Waals surface area contributed by atoms with Crippen LogP contribution in [-0.2, 0) is 16.0 Å². The van der Waals surface area contributed by atoms with Gasteiger partial charge in [0.25, 0.3) is 5.69 Å². The van der Waals surface area contributed by atoms with Crippen molar-refractivity contribution < 1.29 is 14.5 Å². The van der Waals surface area contributed by atoms with Crippen LogP contribution in [0.2, 0.25) is 0 Å². The van der Waals surface area contributed by atoms with Gasteiger partial charge in [0.2, 0.25) is 0 Å². The smallest absolute Gasteiger partial charge is 0.308 e. The highest BCUT2D eigenvalue weighted by molar-refractivity contribution is 5.71. The predicted molar refractivity (Wildman–Crippen MR) is 67.2 cm³/mol. The molecule has 1 unspecified atom stereocenters. The van der Waals surface area contributed by atoms with Crippen LogP contribution in [-0.4, -0.2) is 17.5 Å². The number of nitro groups is 1. The molecule has 5 heteroatoms.